The van der Waals surface area contributed by atoms with Gasteiger partial charge in [0.1, 0.15) is 10.7 Å². The van der Waals surface area contributed by atoms with Crippen LogP contribution < -0.4 is 11.1 Å². The Labute approximate surface area is 130 Å². The highest BCUT2D eigenvalue weighted by molar-refractivity contribution is 7.18. The molecule has 2 rings (SSSR count). The summed E-state index contributed by atoms with van der Waals surface area (Å²) in [5.74, 6) is 1.44. The van der Waals surface area contributed by atoms with Gasteiger partial charge >= 0.3 is 0 Å². The standard InChI is InChI=1S/C15H26N4OS/c1-9(2)8-17-15-18-13(16)12(21-15)14(20)19-7-5-6-10(3)11(19)4/h9-11H,5-8,16H2,1-4H3,(H,17,18). The molecular formula is C15H26N4OS. The summed E-state index contributed by atoms with van der Waals surface area (Å²) < 4.78 is 0. The van der Waals surface area contributed by atoms with Crippen LogP contribution in [0.3, 0.4) is 0 Å². The Bertz CT molecular complexity index is 500. The smallest absolute Gasteiger partial charge is 0.268 e. The number of nitrogen functional groups attached to an aromatic ring is 1. The molecule has 3 N–H and O–H groups in total. The first kappa shape index (κ1) is 16.1. The number of nitrogens with zero attached hydrogens (tertiary/aromatic N) is 2. The van der Waals surface area contributed by atoms with Crippen LogP contribution >= 0.6 is 11.3 Å². The van der Waals surface area contributed by atoms with Gasteiger partial charge in [0.25, 0.3) is 5.91 Å². The zero-order chi connectivity index (χ0) is 15.6. The van der Waals surface area contributed by atoms with Crippen LogP contribution in [-0.2, 0) is 0 Å². The number of hydrogen-bond donors (Lipinski definition) is 2. The van der Waals surface area contributed by atoms with E-state index in [9.17, 15) is 4.79 Å². The molecule has 1 amide bonds. The Morgan fingerprint density at radius 3 is 2.90 bits per heavy atom. The molecule has 1 fully saturated rings. The van der Waals surface area contributed by atoms with Crippen LogP contribution in [0.25, 0.3) is 0 Å². The lowest BCUT2D eigenvalue weighted by Gasteiger charge is -2.37. The zero-order valence-electron chi connectivity index (χ0n) is 13.3. The summed E-state index contributed by atoms with van der Waals surface area (Å²) in [6, 6.07) is 0.264. The number of hydrogen-bond acceptors (Lipinski definition) is 5. The van der Waals surface area contributed by atoms with E-state index in [0.717, 1.165) is 24.6 Å². The van der Waals surface area contributed by atoms with E-state index in [2.05, 4.69) is 38.0 Å². The predicted molar refractivity (Wildman–Crippen MR) is 88.8 cm³/mol. The average Bonchev–Trinajstić information content (AvgIpc) is 2.80. The fraction of sp³-hybridized carbons (Fsp3) is 0.733. The van der Waals surface area contributed by atoms with Crippen LogP contribution in [0.2, 0.25) is 0 Å². The van der Waals surface area contributed by atoms with Crippen molar-refractivity contribution in [3.8, 4) is 0 Å². The number of thiazole rings is 1. The quantitative estimate of drug-likeness (QED) is 0.896. The number of nitrogens with two attached hydrogens (primary N) is 1. The van der Waals surface area contributed by atoms with Gasteiger partial charge in [0.15, 0.2) is 5.13 Å². The van der Waals surface area contributed by atoms with Crippen LogP contribution in [0.15, 0.2) is 0 Å². The highest BCUT2D eigenvalue weighted by Gasteiger charge is 2.31. The van der Waals surface area contributed by atoms with Crippen molar-refractivity contribution in [3.63, 3.8) is 0 Å². The molecular weight excluding hydrogens is 284 g/mol. The fourth-order valence-corrected chi connectivity index (χ4v) is 3.45. The van der Waals surface area contributed by atoms with Gasteiger partial charge in [-0.25, -0.2) is 4.98 Å². The number of aromatic nitrogens is 1. The van der Waals surface area contributed by atoms with Gasteiger partial charge in [-0.05, 0) is 31.6 Å². The van der Waals surface area contributed by atoms with Crippen LogP contribution in [-0.4, -0.2) is 34.9 Å². The van der Waals surface area contributed by atoms with E-state index in [1.165, 1.54) is 17.8 Å². The third-order valence-electron chi connectivity index (χ3n) is 4.14. The van der Waals surface area contributed by atoms with Crippen molar-refractivity contribution < 1.29 is 4.79 Å². The molecule has 6 heteroatoms. The maximum Gasteiger partial charge on any atom is 0.268 e. The first-order chi connectivity index (χ1) is 9.90. The molecule has 5 nitrogen and oxygen atoms in total. The van der Waals surface area contributed by atoms with E-state index in [1.54, 1.807) is 0 Å². The summed E-state index contributed by atoms with van der Waals surface area (Å²) in [4.78, 5) is 19.5. The van der Waals surface area contributed by atoms with Crippen LogP contribution in [0.4, 0.5) is 10.9 Å². The Morgan fingerprint density at radius 1 is 1.52 bits per heavy atom. The molecule has 0 saturated carbocycles. The number of likely N-dealkylation sites (tertiary alicyclic amines) is 1. The van der Waals surface area contributed by atoms with Crippen molar-refractivity contribution >= 4 is 28.2 Å². The largest absolute Gasteiger partial charge is 0.382 e. The maximum atomic E-state index is 12.7. The summed E-state index contributed by atoms with van der Waals surface area (Å²) in [6.07, 6.45) is 2.25. The molecule has 0 bridgehead atoms. The van der Waals surface area contributed by atoms with Crippen molar-refractivity contribution in [2.24, 2.45) is 11.8 Å². The van der Waals surface area contributed by atoms with Gasteiger partial charge in [-0.15, -0.1) is 0 Å². The van der Waals surface area contributed by atoms with Crippen LogP contribution in [0.5, 0.6) is 0 Å². The van der Waals surface area contributed by atoms with E-state index in [0.29, 0.717) is 22.5 Å². The molecule has 118 valence electrons. The summed E-state index contributed by atoms with van der Waals surface area (Å²) >= 11 is 1.37. The van der Waals surface area contributed by atoms with Gasteiger partial charge < -0.3 is 16.0 Å². The van der Waals surface area contributed by atoms with E-state index in [-0.39, 0.29) is 11.9 Å². The predicted octanol–water partition coefficient (Wildman–Crippen LogP) is 3.05. The zero-order valence-corrected chi connectivity index (χ0v) is 14.2. The minimum absolute atomic E-state index is 0.0293. The number of nitrogens with one attached hydrogen (secondary N) is 1. The highest BCUT2D eigenvalue weighted by atomic mass is 32.1. The molecule has 2 heterocycles. The monoisotopic (exact) mass is 310 g/mol. The van der Waals surface area contributed by atoms with Crippen molar-refractivity contribution in [2.75, 3.05) is 24.1 Å². The molecule has 2 atom stereocenters. The third kappa shape index (κ3) is 3.67. The van der Waals surface area contributed by atoms with Crippen LogP contribution in [0.1, 0.15) is 50.2 Å². The number of amides is 1. The van der Waals surface area contributed by atoms with Gasteiger partial charge in [-0.3, -0.25) is 4.79 Å². The van der Waals surface area contributed by atoms with Crippen molar-refractivity contribution in [1.82, 2.24) is 9.88 Å². The van der Waals surface area contributed by atoms with E-state index < -0.39 is 0 Å². The maximum absolute atomic E-state index is 12.7. The summed E-state index contributed by atoms with van der Waals surface area (Å²) in [6.45, 7) is 10.2. The first-order valence-corrected chi connectivity index (χ1v) is 8.53. The summed E-state index contributed by atoms with van der Waals surface area (Å²) in [7, 11) is 0. The van der Waals surface area contributed by atoms with E-state index in [1.807, 2.05) is 4.90 Å². The molecule has 0 aliphatic carbocycles. The molecule has 1 saturated heterocycles. The van der Waals surface area contributed by atoms with E-state index >= 15 is 0 Å². The van der Waals surface area contributed by atoms with E-state index in [4.69, 9.17) is 5.73 Å². The van der Waals surface area contributed by atoms with Gasteiger partial charge in [-0.1, -0.05) is 32.1 Å². The van der Waals surface area contributed by atoms with Crippen molar-refractivity contribution in [3.05, 3.63) is 4.88 Å². The first-order valence-electron chi connectivity index (χ1n) is 7.71. The highest BCUT2D eigenvalue weighted by Crippen LogP contribution is 2.30. The van der Waals surface area contributed by atoms with Crippen molar-refractivity contribution in [1.29, 1.82) is 0 Å². The molecule has 1 aliphatic rings. The summed E-state index contributed by atoms with van der Waals surface area (Å²) in [5.41, 5.74) is 5.95. The molecule has 21 heavy (non-hydrogen) atoms. The number of piperidine rings is 1. The number of rotatable bonds is 4. The Kier molecular flexibility index (Phi) is 5.08. The Morgan fingerprint density at radius 2 is 2.24 bits per heavy atom. The lowest BCUT2D eigenvalue weighted by Crippen LogP contribution is -2.45. The SMILES string of the molecule is CC(C)CNc1nc(N)c(C(=O)N2CCCC(C)C2C)s1. The molecule has 0 aromatic carbocycles. The molecule has 1 aromatic heterocycles. The second-order valence-electron chi connectivity index (χ2n) is 6.37. The van der Waals surface area contributed by atoms with Crippen molar-refractivity contribution in [2.45, 2.75) is 46.6 Å². The molecule has 1 aliphatic heterocycles. The Balaban J connectivity index is 2.11. The Hall–Kier alpha value is -1.30. The fourth-order valence-electron chi connectivity index (χ4n) is 2.60. The lowest BCUT2D eigenvalue weighted by atomic mass is 9.92. The van der Waals surface area contributed by atoms with Gasteiger partial charge in [0.2, 0.25) is 0 Å². The average molecular weight is 310 g/mol. The minimum atomic E-state index is 0.0293. The molecule has 1 aromatic rings. The van der Waals surface area contributed by atoms with Gasteiger partial charge in [0, 0.05) is 19.1 Å². The van der Waals surface area contributed by atoms with Gasteiger partial charge in [-0.2, -0.15) is 0 Å². The van der Waals surface area contributed by atoms with Crippen LogP contribution in [0, 0.1) is 11.8 Å². The molecule has 2 unspecified atom stereocenters. The number of carbonyl (C=O) groups excluding carboxylic acids is 1. The number of carbonyl (C=O) groups is 1. The topological polar surface area (TPSA) is 71.2 Å². The van der Waals surface area contributed by atoms with Gasteiger partial charge in [0.05, 0.1) is 0 Å². The summed E-state index contributed by atoms with van der Waals surface area (Å²) in [5, 5.41) is 3.98. The lowest BCUT2D eigenvalue weighted by molar-refractivity contribution is 0.0557. The normalized spacial score (nSPS) is 22.6. The molecule has 0 spiro atoms. The second kappa shape index (κ2) is 6.64. The minimum Gasteiger partial charge on any atom is -0.382 e. The number of anilines is 2. The second-order valence-corrected chi connectivity index (χ2v) is 7.37. The third-order valence-corrected chi connectivity index (χ3v) is 5.16. The molecule has 0 radical (unpaired) electrons.